The zero-order chi connectivity index (χ0) is 20.9. The number of likely N-dealkylation sites (tertiary alicyclic amines) is 1. The minimum absolute atomic E-state index is 0.0237. The van der Waals surface area contributed by atoms with Crippen LogP contribution in [0.25, 0.3) is 0 Å². The number of carbonyl (C=O) groups is 1. The van der Waals surface area contributed by atoms with Crippen molar-refractivity contribution in [2.24, 2.45) is 0 Å². The molecule has 7 heteroatoms. The minimum Gasteiger partial charge on any atom is -0.445 e. The second-order valence-corrected chi connectivity index (χ2v) is 8.38. The molecule has 0 spiro atoms. The number of aromatic nitrogens is 3. The van der Waals surface area contributed by atoms with E-state index >= 15 is 0 Å². The van der Waals surface area contributed by atoms with Gasteiger partial charge in [-0.1, -0.05) is 37.1 Å². The molecular weight excluding hydrogens is 400 g/mol. The lowest BCUT2D eigenvalue weighted by Crippen LogP contribution is -2.39. The van der Waals surface area contributed by atoms with Gasteiger partial charge in [-0.15, -0.1) is 0 Å². The summed E-state index contributed by atoms with van der Waals surface area (Å²) in [6, 6.07) is 9.63. The van der Waals surface area contributed by atoms with Gasteiger partial charge in [0.2, 0.25) is 0 Å². The fourth-order valence-electron chi connectivity index (χ4n) is 3.93. The topological polar surface area (TPSA) is 75.0 Å². The number of carbonyl (C=O) groups excluding carboxylic acids is 1. The molecule has 30 heavy (non-hydrogen) atoms. The molecule has 1 aliphatic rings. The van der Waals surface area contributed by atoms with Crippen LogP contribution in [0.5, 0.6) is 0 Å². The number of hydrogen-bond acceptors (Lipinski definition) is 4. The molecule has 1 amide bonds. The van der Waals surface area contributed by atoms with E-state index in [0.717, 1.165) is 55.7 Å². The summed E-state index contributed by atoms with van der Waals surface area (Å²) in [7, 11) is 0. The summed E-state index contributed by atoms with van der Waals surface area (Å²) < 4.78 is 6.04. The third-order valence-corrected chi connectivity index (χ3v) is 5.78. The molecule has 2 aromatic heterocycles. The average molecular weight is 427 g/mol. The SMILES string of the molecule is CCCCc1cc(C(=O)N2CCC[C@@H](c3ncc(Cc4cccc(Cl)c4)o3)C2)n[nH]1. The zero-order valence-electron chi connectivity index (χ0n) is 17.2. The van der Waals surface area contributed by atoms with Gasteiger partial charge >= 0.3 is 0 Å². The fraction of sp³-hybridized carbons (Fsp3) is 0.435. The molecule has 158 valence electrons. The van der Waals surface area contributed by atoms with Crippen LogP contribution in [0.15, 0.2) is 40.9 Å². The lowest BCUT2D eigenvalue weighted by molar-refractivity contribution is 0.0692. The maximum absolute atomic E-state index is 12.9. The van der Waals surface area contributed by atoms with Crippen LogP contribution in [0, 0.1) is 0 Å². The summed E-state index contributed by atoms with van der Waals surface area (Å²) in [4.78, 5) is 19.3. The van der Waals surface area contributed by atoms with Crippen LogP contribution < -0.4 is 0 Å². The molecule has 6 nitrogen and oxygen atoms in total. The number of nitrogens with one attached hydrogen (secondary N) is 1. The van der Waals surface area contributed by atoms with Crippen molar-refractivity contribution in [2.45, 2.75) is 51.4 Å². The summed E-state index contributed by atoms with van der Waals surface area (Å²) in [5.74, 6) is 1.59. The number of nitrogens with zero attached hydrogens (tertiary/aromatic N) is 3. The molecule has 0 aliphatic carbocycles. The zero-order valence-corrected chi connectivity index (χ0v) is 18.0. The molecule has 1 aromatic carbocycles. The van der Waals surface area contributed by atoms with E-state index < -0.39 is 0 Å². The standard InChI is InChI=1S/C23H27ClN4O2/c1-2-3-9-19-13-21(27-26-19)23(29)28-10-5-7-17(15-28)22-25-14-20(30-22)12-16-6-4-8-18(24)11-16/h4,6,8,11,13-14,17H,2-3,5,7,9-10,12,15H2,1H3,(H,26,27)/t17-/m1/s1. The number of aromatic amines is 1. The van der Waals surface area contributed by atoms with Crippen molar-refractivity contribution in [3.05, 3.63) is 70.2 Å². The Hall–Kier alpha value is -2.60. The molecular formula is C23H27ClN4O2. The van der Waals surface area contributed by atoms with E-state index in [4.69, 9.17) is 16.0 Å². The van der Waals surface area contributed by atoms with Crippen LogP contribution in [-0.2, 0) is 12.8 Å². The number of unbranched alkanes of at least 4 members (excludes halogenated alkanes) is 1. The van der Waals surface area contributed by atoms with E-state index in [1.165, 1.54) is 0 Å². The molecule has 0 radical (unpaired) electrons. The van der Waals surface area contributed by atoms with Gasteiger partial charge in [0.1, 0.15) is 11.5 Å². The Morgan fingerprint density at radius 2 is 2.27 bits per heavy atom. The van der Waals surface area contributed by atoms with Crippen LogP contribution in [0.1, 0.15) is 71.9 Å². The van der Waals surface area contributed by atoms with E-state index in [0.29, 0.717) is 29.6 Å². The van der Waals surface area contributed by atoms with Crippen molar-refractivity contribution in [2.75, 3.05) is 13.1 Å². The molecule has 1 fully saturated rings. The first-order valence-corrected chi connectivity index (χ1v) is 11.0. The quantitative estimate of drug-likeness (QED) is 0.576. The number of hydrogen-bond donors (Lipinski definition) is 1. The maximum Gasteiger partial charge on any atom is 0.274 e. The van der Waals surface area contributed by atoms with Gasteiger partial charge in [-0.05, 0) is 49.4 Å². The number of benzene rings is 1. The number of halogens is 1. The van der Waals surface area contributed by atoms with Crippen LogP contribution in [0.3, 0.4) is 0 Å². The van der Waals surface area contributed by atoms with Crippen LogP contribution >= 0.6 is 11.6 Å². The third-order valence-electron chi connectivity index (χ3n) is 5.55. The second kappa shape index (κ2) is 9.47. The van der Waals surface area contributed by atoms with E-state index in [2.05, 4.69) is 22.1 Å². The molecule has 3 heterocycles. The summed E-state index contributed by atoms with van der Waals surface area (Å²) in [5.41, 5.74) is 2.60. The van der Waals surface area contributed by atoms with Crippen molar-refractivity contribution in [3.63, 3.8) is 0 Å². The average Bonchev–Trinajstić information content (AvgIpc) is 3.42. The summed E-state index contributed by atoms with van der Waals surface area (Å²) in [6.45, 7) is 3.50. The van der Waals surface area contributed by atoms with Crippen molar-refractivity contribution in [1.29, 1.82) is 0 Å². The molecule has 1 saturated heterocycles. The first kappa shape index (κ1) is 20.7. The van der Waals surface area contributed by atoms with Gasteiger partial charge in [0.25, 0.3) is 5.91 Å². The molecule has 1 N–H and O–H groups in total. The smallest absolute Gasteiger partial charge is 0.274 e. The molecule has 0 saturated carbocycles. The molecule has 0 unspecified atom stereocenters. The largest absolute Gasteiger partial charge is 0.445 e. The highest BCUT2D eigenvalue weighted by Gasteiger charge is 2.29. The van der Waals surface area contributed by atoms with Crippen molar-refractivity contribution < 1.29 is 9.21 Å². The van der Waals surface area contributed by atoms with Crippen molar-refractivity contribution in [3.8, 4) is 0 Å². The van der Waals surface area contributed by atoms with Crippen LogP contribution in [0.4, 0.5) is 0 Å². The monoisotopic (exact) mass is 426 g/mol. The van der Waals surface area contributed by atoms with Crippen molar-refractivity contribution in [1.82, 2.24) is 20.1 Å². The van der Waals surface area contributed by atoms with E-state index in [9.17, 15) is 4.79 Å². The number of oxazole rings is 1. The maximum atomic E-state index is 12.9. The highest BCUT2D eigenvalue weighted by atomic mass is 35.5. The van der Waals surface area contributed by atoms with Crippen LogP contribution in [0.2, 0.25) is 5.02 Å². The Balaban J connectivity index is 1.39. The lowest BCUT2D eigenvalue weighted by atomic mass is 9.97. The minimum atomic E-state index is -0.0237. The predicted octanol–water partition coefficient (Wildman–Crippen LogP) is 5.00. The number of aryl methyl sites for hydroxylation is 1. The Kier molecular flexibility index (Phi) is 6.53. The van der Waals surface area contributed by atoms with Gasteiger partial charge in [-0.25, -0.2) is 4.98 Å². The third kappa shape index (κ3) is 4.93. The molecule has 4 rings (SSSR count). The molecule has 0 bridgehead atoms. The fourth-order valence-corrected chi connectivity index (χ4v) is 4.15. The van der Waals surface area contributed by atoms with Gasteiger partial charge in [-0.3, -0.25) is 9.89 Å². The lowest BCUT2D eigenvalue weighted by Gasteiger charge is -2.30. The summed E-state index contributed by atoms with van der Waals surface area (Å²) in [5, 5.41) is 7.94. The van der Waals surface area contributed by atoms with Gasteiger partial charge in [0, 0.05) is 30.2 Å². The molecule has 1 aliphatic heterocycles. The molecule has 3 aromatic rings. The first-order valence-electron chi connectivity index (χ1n) is 10.6. The van der Waals surface area contributed by atoms with E-state index in [1.807, 2.05) is 35.2 Å². The number of H-pyrrole nitrogens is 1. The van der Waals surface area contributed by atoms with E-state index in [-0.39, 0.29) is 11.8 Å². The van der Waals surface area contributed by atoms with Gasteiger partial charge in [-0.2, -0.15) is 5.10 Å². The highest BCUT2D eigenvalue weighted by Crippen LogP contribution is 2.28. The predicted molar refractivity (Wildman–Crippen MR) is 116 cm³/mol. The van der Waals surface area contributed by atoms with E-state index in [1.54, 1.807) is 6.20 Å². The number of piperidine rings is 1. The highest BCUT2D eigenvalue weighted by molar-refractivity contribution is 6.30. The molecule has 1 atom stereocenters. The summed E-state index contributed by atoms with van der Waals surface area (Å²) in [6.07, 6.45) is 7.44. The van der Waals surface area contributed by atoms with Gasteiger partial charge < -0.3 is 9.32 Å². The first-order chi connectivity index (χ1) is 14.6. The van der Waals surface area contributed by atoms with Gasteiger partial charge in [0.15, 0.2) is 5.89 Å². The Bertz CT molecular complexity index is 997. The Labute approximate surface area is 181 Å². The van der Waals surface area contributed by atoms with Gasteiger partial charge in [0.05, 0.1) is 12.1 Å². The second-order valence-electron chi connectivity index (χ2n) is 7.94. The Morgan fingerprint density at radius 3 is 3.10 bits per heavy atom. The normalized spacial score (nSPS) is 16.7. The van der Waals surface area contributed by atoms with Crippen LogP contribution in [-0.4, -0.2) is 39.1 Å². The Morgan fingerprint density at radius 1 is 1.37 bits per heavy atom. The summed E-state index contributed by atoms with van der Waals surface area (Å²) >= 11 is 6.07. The number of rotatable bonds is 7. The van der Waals surface area contributed by atoms with Crippen molar-refractivity contribution >= 4 is 17.5 Å². The number of amides is 1.